The Morgan fingerprint density at radius 1 is 1.33 bits per heavy atom. The van der Waals surface area contributed by atoms with E-state index in [1.807, 2.05) is 3.95 Å². The predicted molar refractivity (Wildman–Crippen MR) is 22.9 cm³/mol. The fourth-order valence-corrected chi connectivity index (χ4v) is 0.224. The standard InChI is InChI=1S/C4H10N.Co/c1-3-5-4-2;/h3-4H2,1-2H3;/q-1;+1. The Morgan fingerprint density at radius 3 is 1.67 bits per heavy atom. The van der Waals surface area contributed by atoms with Crippen molar-refractivity contribution in [3.63, 3.8) is 0 Å². The number of nitrogens with zero attached hydrogens (tertiary/aromatic N) is 1. The molecule has 0 aromatic heterocycles. The van der Waals surface area contributed by atoms with E-state index < -0.39 is 0 Å². The SMILES string of the molecule is CC[N]([Co])CC. The van der Waals surface area contributed by atoms with Crippen molar-refractivity contribution in [3.8, 4) is 0 Å². The Balaban J connectivity index is 2.75. The average molecular weight is 131 g/mol. The van der Waals surface area contributed by atoms with Gasteiger partial charge in [0.25, 0.3) is 0 Å². The summed E-state index contributed by atoms with van der Waals surface area (Å²) in [5, 5.41) is 0. The van der Waals surface area contributed by atoms with Crippen molar-refractivity contribution in [2.45, 2.75) is 13.8 Å². The van der Waals surface area contributed by atoms with Crippen LogP contribution in [0.5, 0.6) is 0 Å². The summed E-state index contributed by atoms with van der Waals surface area (Å²) in [6.45, 7) is 6.20. The molecule has 0 aromatic carbocycles. The first-order valence-electron chi connectivity index (χ1n) is 2.20. The monoisotopic (exact) mass is 131 g/mol. The number of hydrogen-bond donors (Lipinski definition) is 0. The van der Waals surface area contributed by atoms with Gasteiger partial charge < -0.3 is 0 Å². The zero-order valence-electron chi connectivity index (χ0n) is 4.19. The van der Waals surface area contributed by atoms with Crippen LogP contribution in [0.3, 0.4) is 0 Å². The molecule has 2 heteroatoms. The second-order valence-electron chi connectivity index (χ2n) is 1.07. The van der Waals surface area contributed by atoms with Crippen LogP contribution >= 0.6 is 0 Å². The molecule has 6 heavy (non-hydrogen) atoms. The summed E-state index contributed by atoms with van der Waals surface area (Å²) in [4.78, 5) is 0. The molecule has 0 rings (SSSR count). The summed E-state index contributed by atoms with van der Waals surface area (Å²) in [5.74, 6) is 0. The van der Waals surface area contributed by atoms with Crippen molar-refractivity contribution >= 4 is 0 Å². The molecule has 0 amide bonds. The van der Waals surface area contributed by atoms with Gasteiger partial charge in [0, 0.05) is 0 Å². The maximum absolute atomic E-state index is 4.11. The summed E-state index contributed by atoms with van der Waals surface area (Å²) in [5.41, 5.74) is 0. The van der Waals surface area contributed by atoms with Crippen molar-refractivity contribution in [2.24, 2.45) is 0 Å². The van der Waals surface area contributed by atoms with Crippen molar-refractivity contribution < 1.29 is 16.0 Å². The molecule has 0 aliphatic heterocycles. The molecule has 0 unspecified atom stereocenters. The Bertz CT molecular complexity index is 26.7. The van der Waals surface area contributed by atoms with Crippen LogP contribution in [-0.2, 0) is 16.0 Å². The topological polar surface area (TPSA) is 3.24 Å². The van der Waals surface area contributed by atoms with Crippen LogP contribution in [0.4, 0.5) is 0 Å². The summed E-state index contributed by atoms with van der Waals surface area (Å²) < 4.78 is 1.94. The predicted octanol–water partition coefficient (Wildman–Crippen LogP) is 0.790. The Hall–Kier alpha value is 0.466. The average Bonchev–Trinajstić information content (AvgIpc) is 1.65. The molecule has 0 saturated heterocycles. The molecule has 0 fully saturated rings. The molecule has 0 bridgehead atoms. The fraction of sp³-hybridized carbons (Fsp3) is 1.00. The van der Waals surface area contributed by atoms with Crippen LogP contribution in [0.2, 0.25) is 0 Å². The van der Waals surface area contributed by atoms with Crippen molar-refractivity contribution in [1.29, 1.82) is 0 Å². The van der Waals surface area contributed by atoms with Crippen LogP contribution < -0.4 is 0 Å². The molecule has 1 nitrogen and oxygen atoms in total. The van der Waals surface area contributed by atoms with E-state index in [0.29, 0.717) is 0 Å². The molecule has 0 saturated carbocycles. The third-order valence-electron chi connectivity index (χ3n) is 0.658. The minimum absolute atomic E-state index is 1.02. The summed E-state index contributed by atoms with van der Waals surface area (Å²) in [7, 11) is 0. The van der Waals surface area contributed by atoms with Crippen LogP contribution in [0.25, 0.3) is 0 Å². The molecule has 0 atom stereocenters. The van der Waals surface area contributed by atoms with Crippen molar-refractivity contribution in [2.75, 3.05) is 13.1 Å². The first-order chi connectivity index (χ1) is 2.81. The minimum atomic E-state index is 1.02. The van der Waals surface area contributed by atoms with Gasteiger partial charge in [0.2, 0.25) is 0 Å². The first kappa shape index (κ1) is 6.47. The van der Waals surface area contributed by atoms with Crippen molar-refractivity contribution in [3.05, 3.63) is 0 Å². The molecule has 0 aliphatic carbocycles. The first-order valence-corrected chi connectivity index (χ1v) is 2.66. The van der Waals surface area contributed by atoms with Gasteiger partial charge in [-0.05, 0) is 0 Å². The van der Waals surface area contributed by atoms with Crippen LogP contribution in [0, 0.1) is 0 Å². The van der Waals surface area contributed by atoms with Gasteiger partial charge in [0.15, 0.2) is 0 Å². The van der Waals surface area contributed by atoms with Crippen LogP contribution in [-0.4, -0.2) is 17.0 Å². The van der Waals surface area contributed by atoms with Gasteiger partial charge in [0.05, 0.1) is 0 Å². The summed E-state index contributed by atoms with van der Waals surface area (Å²) >= 11 is 4.11. The van der Waals surface area contributed by atoms with E-state index in [-0.39, 0.29) is 0 Å². The third-order valence-corrected chi connectivity index (χ3v) is 1.32. The van der Waals surface area contributed by atoms with Crippen molar-refractivity contribution in [1.82, 2.24) is 3.95 Å². The van der Waals surface area contributed by atoms with Gasteiger partial charge in [-0.25, -0.2) is 0 Å². The molecule has 0 aliphatic rings. The van der Waals surface area contributed by atoms with E-state index in [1.165, 1.54) is 0 Å². The van der Waals surface area contributed by atoms with Gasteiger partial charge in [0.1, 0.15) is 0 Å². The van der Waals surface area contributed by atoms with Gasteiger partial charge in [-0.1, -0.05) is 0 Å². The quantitative estimate of drug-likeness (QED) is 0.535. The molecular weight excluding hydrogens is 121 g/mol. The van der Waals surface area contributed by atoms with Gasteiger partial charge in [-0.15, -0.1) is 0 Å². The molecule has 0 heterocycles. The number of rotatable bonds is 2. The zero-order chi connectivity index (χ0) is 4.99. The summed E-state index contributed by atoms with van der Waals surface area (Å²) in [6, 6.07) is 0. The fourth-order valence-electron chi connectivity index (χ4n) is 0.224. The Labute approximate surface area is 47.5 Å². The number of hydrogen-bond acceptors (Lipinski definition) is 1. The molecule has 0 spiro atoms. The van der Waals surface area contributed by atoms with E-state index >= 15 is 0 Å². The molecule has 40 valence electrons. The molecule has 0 radical (unpaired) electrons. The molecule has 0 N–H and O–H groups in total. The molecule has 0 aromatic rings. The molecular formula is C4H10CoN. The van der Waals surface area contributed by atoms with Crippen LogP contribution in [0.15, 0.2) is 0 Å². The third kappa shape index (κ3) is 2.69. The Morgan fingerprint density at radius 2 is 1.67 bits per heavy atom. The zero-order valence-corrected chi connectivity index (χ0v) is 5.24. The van der Waals surface area contributed by atoms with E-state index in [4.69, 9.17) is 0 Å². The normalized spacial score (nSPS) is 10.2. The van der Waals surface area contributed by atoms with E-state index in [0.717, 1.165) is 13.1 Å². The second kappa shape index (κ2) is 3.65. The van der Waals surface area contributed by atoms with Gasteiger partial charge in [-0.3, -0.25) is 0 Å². The maximum atomic E-state index is 4.11. The second-order valence-corrected chi connectivity index (χ2v) is 1.73. The Kier molecular flexibility index (Phi) is 3.93. The van der Waals surface area contributed by atoms with Gasteiger partial charge >= 0.3 is 46.8 Å². The van der Waals surface area contributed by atoms with Gasteiger partial charge in [-0.2, -0.15) is 0 Å². The van der Waals surface area contributed by atoms with Crippen LogP contribution in [0.1, 0.15) is 13.8 Å². The van der Waals surface area contributed by atoms with E-state index in [9.17, 15) is 0 Å². The van der Waals surface area contributed by atoms with E-state index in [1.54, 1.807) is 0 Å². The summed E-state index contributed by atoms with van der Waals surface area (Å²) in [6.07, 6.45) is 0. The van der Waals surface area contributed by atoms with E-state index in [2.05, 4.69) is 29.8 Å².